The quantitative estimate of drug-likeness (QED) is 0.205. The van der Waals surface area contributed by atoms with Crippen molar-refractivity contribution in [3.05, 3.63) is 116 Å². The third-order valence-electron chi connectivity index (χ3n) is 9.52. The van der Waals surface area contributed by atoms with Crippen molar-refractivity contribution in [1.82, 2.24) is 10.6 Å². The lowest BCUT2D eigenvalue weighted by Crippen LogP contribution is -2.49. The van der Waals surface area contributed by atoms with Gasteiger partial charge < -0.3 is 41.4 Å². The fourth-order valence-electron chi connectivity index (χ4n) is 7.10. The van der Waals surface area contributed by atoms with Gasteiger partial charge in [0.2, 0.25) is 0 Å². The molecule has 0 bridgehead atoms. The molecule has 0 saturated heterocycles. The Morgan fingerprint density at radius 2 is 1.00 bits per heavy atom. The molecule has 0 radical (unpaired) electrons. The van der Waals surface area contributed by atoms with Crippen LogP contribution >= 0.6 is 23.2 Å². The predicted molar refractivity (Wildman–Crippen MR) is 187 cm³/mol. The SMILES string of the molecule is COc1ccc([C@@H]2NC(=O)c3ccc(Cl)c4c3N2CC[C@H]4N)cc1.COc1ccc([C@H]2NC(=O)c3ccc(Cl)c4c3N2CC[C@@H]4N)cc1. The number of hydrogen-bond donors (Lipinski definition) is 4. The summed E-state index contributed by atoms with van der Waals surface area (Å²) in [6.07, 6.45) is 1.11. The van der Waals surface area contributed by atoms with E-state index in [-0.39, 0.29) is 36.2 Å². The number of nitrogens with zero attached hydrogens (tertiary/aromatic N) is 2. The zero-order valence-corrected chi connectivity index (χ0v) is 28.0. The maximum atomic E-state index is 12.6. The molecule has 10 nitrogen and oxygen atoms in total. The Balaban J connectivity index is 0.000000152. The van der Waals surface area contributed by atoms with Crippen LogP contribution in [0.2, 0.25) is 10.0 Å². The first kappa shape index (κ1) is 32.1. The minimum absolute atomic E-state index is 0.103. The number of nitrogens with two attached hydrogens (primary N) is 2. The summed E-state index contributed by atoms with van der Waals surface area (Å²) in [5.41, 5.74) is 19.3. The highest BCUT2D eigenvalue weighted by Gasteiger charge is 2.39. The fraction of sp³-hybridized carbons (Fsp3) is 0.278. The molecule has 4 heterocycles. The van der Waals surface area contributed by atoms with Gasteiger partial charge in [0.25, 0.3) is 11.8 Å². The summed E-state index contributed by atoms with van der Waals surface area (Å²) in [6.45, 7) is 1.52. The Labute approximate surface area is 288 Å². The monoisotopic (exact) mass is 686 g/mol. The maximum Gasteiger partial charge on any atom is 0.255 e. The number of amides is 2. The van der Waals surface area contributed by atoms with E-state index in [2.05, 4.69) is 20.4 Å². The highest BCUT2D eigenvalue weighted by molar-refractivity contribution is 6.32. The van der Waals surface area contributed by atoms with Gasteiger partial charge in [0.15, 0.2) is 0 Å². The number of nitrogens with one attached hydrogen (secondary N) is 2. The van der Waals surface area contributed by atoms with Crippen molar-refractivity contribution in [2.75, 3.05) is 37.1 Å². The molecule has 8 rings (SSSR count). The fourth-order valence-corrected chi connectivity index (χ4v) is 7.69. The average Bonchev–Trinajstić information content (AvgIpc) is 3.10. The van der Waals surface area contributed by atoms with Crippen LogP contribution in [0.5, 0.6) is 11.5 Å². The average molecular weight is 688 g/mol. The van der Waals surface area contributed by atoms with Gasteiger partial charge in [-0.25, -0.2) is 0 Å². The van der Waals surface area contributed by atoms with Crippen LogP contribution in [0.1, 0.15) is 80.2 Å². The maximum absolute atomic E-state index is 12.6. The van der Waals surface area contributed by atoms with E-state index in [0.29, 0.717) is 21.2 Å². The highest BCUT2D eigenvalue weighted by atomic mass is 35.5. The number of halogens is 2. The molecule has 4 atom stereocenters. The Morgan fingerprint density at radius 3 is 1.35 bits per heavy atom. The van der Waals surface area contributed by atoms with E-state index >= 15 is 0 Å². The predicted octanol–water partition coefficient (Wildman–Crippen LogP) is 6.00. The molecule has 0 aliphatic carbocycles. The van der Waals surface area contributed by atoms with E-state index < -0.39 is 0 Å². The summed E-state index contributed by atoms with van der Waals surface area (Å²) in [5, 5.41) is 7.41. The molecule has 248 valence electrons. The minimum Gasteiger partial charge on any atom is -0.497 e. The molecule has 12 heteroatoms. The van der Waals surface area contributed by atoms with Crippen molar-refractivity contribution in [2.24, 2.45) is 11.5 Å². The largest absolute Gasteiger partial charge is 0.497 e. The van der Waals surface area contributed by atoms with Crippen LogP contribution in [0.4, 0.5) is 11.4 Å². The van der Waals surface area contributed by atoms with Crippen LogP contribution in [-0.4, -0.2) is 39.1 Å². The molecule has 0 fully saturated rings. The number of carbonyl (C=O) groups excluding carboxylic acids is 2. The molecule has 4 aromatic rings. The Morgan fingerprint density at radius 1 is 0.625 bits per heavy atom. The van der Waals surface area contributed by atoms with Crippen molar-refractivity contribution in [2.45, 2.75) is 37.3 Å². The molecule has 48 heavy (non-hydrogen) atoms. The lowest BCUT2D eigenvalue weighted by molar-refractivity contribution is 0.0916. The third kappa shape index (κ3) is 5.48. The number of benzene rings is 4. The van der Waals surface area contributed by atoms with Crippen LogP contribution < -0.4 is 41.4 Å². The van der Waals surface area contributed by atoms with Crippen molar-refractivity contribution in [1.29, 1.82) is 0 Å². The van der Waals surface area contributed by atoms with Gasteiger partial charge in [-0.3, -0.25) is 9.59 Å². The van der Waals surface area contributed by atoms with Crippen LogP contribution in [-0.2, 0) is 0 Å². The second-order valence-corrected chi connectivity index (χ2v) is 13.0. The molecule has 0 unspecified atom stereocenters. The van der Waals surface area contributed by atoms with Gasteiger partial charge in [-0.2, -0.15) is 0 Å². The van der Waals surface area contributed by atoms with Gasteiger partial charge in [0, 0.05) is 46.3 Å². The summed E-state index contributed by atoms with van der Waals surface area (Å²) in [6, 6.07) is 22.2. The van der Waals surface area contributed by atoms with Gasteiger partial charge >= 0.3 is 0 Å². The summed E-state index contributed by atoms with van der Waals surface area (Å²) < 4.78 is 10.4. The Kier molecular flexibility index (Phi) is 8.59. The first-order valence-electron chi connectivity index (χ1n) is 15.8. The number of carbonyl (C=O) groups is 2. The third-order valence-corrected chi connectivity index (χ3v) is 10.2. The van der Waals surface area contributed by atoms with Gasteiger partial charge in [-0.15, -0.1) is 0 Å². The minimum atomic E-state index is -0.236. The van der Waals surface area contributed by atoms with Gasteiger partial charge in [-0.1, -0.05) is 47.5 Å². The molecule has 4 aromatic carbocycles. The van der Waals surface area contributed by atoms with Crippen LogP contribution in [0, 0.1) is 0 Å². The number of ether oxygens (including phenoxy) is 2. The molecule has 4 aliphatic heterocycles. The summed E-state index contributed by atoms with van der Waals surface area (Å²) >= 11 is 12.8. The second kappa shape index (κ2) is 12.9. The first-order valence-corrected chi connectivity index (χ1v) is 16.5. The van der Waals surface area contributed by atoms with Gasteiger partial charge in [0.05, 0.1) is 36.7 Å². The zero-order valence-electron chi connectivity index (χ0n) is 26.5. The van der Waals surface area contributed by atoms with Crippen LogP contribution in [0.15, 0.2) is 72.8 Å². The van der Waals surface area contributed by atoms with Crippen molar-refractivity contribution >= 4 is 46.4 Å². The number of hydrogen-bond acceptors (Lipinski definition) is 8. The van der Waals surface area contributed by atoms with Crippen molar-refractivity contribution in [3.8, 4) is 11.5 Å². The first-order chi connectivity index (χ1) is 23.2. The van der Waals surface area contributed by atoms with E-state index in [0.717, 1.165) is 71.1 Å². The Bertz CT molecular complexity index is 1750. The molecule has 2 amide bonds. The molecule has 4 aliphatic rings. The van der Waals surface area contributed by atoms with Crippen molar-refractivity contribution in [3.63, 3.8) is 0 Å². The topological polar surface area (TPSA) is 135 Å². The van der Waals surface area contributed by atoms with Crippen LogP contribution in [0.3, 0.4) is 0 Å². The van der Waals surface area contributed by atoms with Crippen molar-refractivity contribution < 1.29 is 19.1 Å². The normalized spacial score (nSPS) is 22.0. The van der Waals surface area contributed by atoms with E-state index in [4.69, 9.17) is 44.1 Å². The van der Waals surface area contributed by atoms with E-state index in [1.807, 2.05) is 48.5 Å². The number of anilines is 2. The van der Waals surface area contributed by atoms with E-state index in [1.54, 1.807) is 38.5 Å². The lowest BCUT2D eigenvalue weighted by Gasteiger charge is -2.44. The molecular formula is C36H36Cl2N6O4. The van der Waals surface area contributed by atoms with E-state index in [1.165, 1.54) is 0 Å². The molecular weight excluding hydrogens is 651 g/mol. The molecule has 0 saturated carbocycles. The standard InChI is InChI=1S/2C18H18ClN3O2/c2*1-24-11-4-2-10(3-5-11)17-21-18(23)12-6-7-13(19)15-14(20)8-9-22(17)16(12)15/h2*2-7,14,17H,8-9,20H2,1H3,(H,21,23)/t2*14-,17-/m10/s1. The molecule has 0 aromatic heterocycles. The van der Waals surface area contributed by atoms with Gasteiger partial charge in [-0.05, 0) is 72.5 Å². The van der Waals surface area contributed by atoms with Crippen LogP contribution in [0.25, 0.3) is 0 Å². The number of rotatable bonds is 4. The second-order valence-electron chi connectivity index (χ2n) is 12.2. The molecule has 0 spiro atoms. The summed E-state index contributed by atoms with van der Waals surface area (Å²) in [5.74, 6) is 1.36. The zero-order chi connectivity index (χ0) is 33.7. The Hall–Kier alpha value is -4.48. The molecule has 6 N–H and O–H groups in total. The van der Waals surface area contributed by atoms with Gasteiger partial charge in [0.1, 0.15) is 23.8 Å². The summed E-state index contributed by atoms with van der Waals surface area (Å²) in [7, 11) is 3.27. The smallest absolute Gasteiger partial charge is 0.255 e. The lowest BCUT2D eigenvalue weighted by atomic mass is 9.90. The summed E-state index contributed by atoms with van der Waals surface area (Å²) in [4.78, 5) is 29.6. The highest BCUT2D eigenvalue weighted by Crippen LogP contribution is 2.46. The van der Waals surface area contributed by atoms with E-state index in [9.17, 15) is 9.59 Å². The number of methoxy groups -OCH3 is 2.